The fourth-order valence-corrected chi connectivity index (χ4v) is 3.98. The number of phenolic OH excluding ortho intramolecular Hbond substituents is 1. The van der Waals surface area contributed by atoms with E-state index in [0.717, 1.165) is 5.56 Å². The summed E-state index contributed by atoms with van der Waals surface area (Å²) in [6, 6.07) is 16.9. The number of aryl methyl sites for hydroxylation is 1. The number of halogens is 2. The van der Waals surface area contributed by atoms with Crippen molar-refractivity contribution >= 4 is 46.3 Å². The normalized spacial score (nSPS) is 17.9. The van der Waals surface area contributed by atoms with E-state index in [2.05, 4.69) is 0 Å². The van der Waals surface area contributed by atoms with Crippen LogP contribution < -0.4 is 4.90 Å². The van der Waals surface area contributed by atoms with Gasteiger partial charge in [0.1, 0.15) is 11.5 Å². The zero-order valence-electron chi connectivity index (χ0n) is 16.3. The summed E-state index contributed by atoms with van der Waals surface area (Å²) in [6.45, 7) is 1.83. The molecule has 7 heteroatoms. The van der Waals surface area contributed by atoms with Crippen molar-refractivity contribution in [2.45, 2.75) is 13.0 Å². The van der Waals surface area contributed by atoms with Gasteiger partial charge < -0.3 is 10.2 Å². The number of aliphatic hydroxyl groups excluding tert-OH is 1. The van der Waals surface area contributed by atoms with Gasteiger partial charge in [-0.1, -0.05) is 53.5 Å². The van der Waals surface area contributed by atoms with E-state index in [4.69, 9.17) is 23.2 Å². The van der Waals surface area contributed by atoms with Crippen molar-refractivity contribution in [3.05, 3.63) is 99.0 Å². The van der Waals surface area contributed by atoms with Crippen molar-refractivity contribution < 1.29 is 19.8 Å². The molecule has 0 spiro atoms. The highest BCUT2D eigenvalue weighted by Gasteiger charge is 2.47. The van der Waals surface area contributed by atoms with E-state index in [9.17, 15) is 19.8 Å². The zero-order valence-corrected chi connectivity index (χ0v) is 17.9. The van der Waals surface area contributed by atoms with E-state index in [1.807, 2.05) is 19.1 Å². The molecule has 0 aromatic heterocycles. The molecular formula is C24H17Cl2NO4. The topological polar surface area (TPSA) is 77.8 Å². The summed E-state index contributed by atoms with van der Waals surface area (Å²) < 4.78 is 0. The van der Waals surface area contributed by atoms with Gasteiger partial charge in [0, 0.05) is 11.3 Å². The van der Waals surface area contributed by atoms with Crippen LogP contribution in [-0.2, 0) is 9.59 Å². The van der Waals surface area contributed by atoms with Crippen LogP contribution >= 0.6 is 23.2 Å². The molecule has 1 fully saturated rings. The highest BCUT2D eigenvalue weighted by molar-refractivity contribution is 6.52. The highest BCUT2D eigenvalue weighted by Crippen LogP contribution is 2.43. The summed E-state index contributed by atoms with van der Waals surface area (Å²) in [5.41, 5.74) is 2.10. The molecule has 1 heterocycles. The molecule has 1 amide bonds. The minimum absolute atomic E-state index is 0.0427. The molecule has 3 aromatic rings. The molecular weight excluding hydrogens is 437 g/mol. The molecule has 1 saturated heterocycles. The molecule has 156 valence electrons. The van der Waals surface area contributed by atoms with Gasteiger partial charge in [-0.3, -0.25) is 14.5 Å². The highest BCUT2D eigenvalue weighted by atomic mass is 35.5. The van der Waals surface area contributed by atoms with E-state index in [0.29, 0.717) is 16.3 Å². The number of benzene rings is 3. The van der Waals surface area contributed by atoms with E-state index < -0.39 is 17.7 Å². The standard InChI is InChI=1S/C24H17Cl2NO4/c1-13-4-2-3-5-19(13)27-21(14-6-9-16(28)10-7-14)20(23(30)24(27)31)22(29)15-8-11-17(25)18(26)12-15/h2-12,21,28-29H,1H3/b22-20-. The van der Waals surface area contributed by atoms with Gasteiger partial charge in [-0.2, -0.15) is 0 Å². The summed E-state index contributed by atoms with van der Waals surface area (Å²) in [6.07, 6.45) is 0. The molecule has 4 rings (SSSR count). The van der Waals surface area contributed by atoms with Crippen LogP contribution in [-0.4, -0.2) is 21.9 Å². The van der Waals surface area contributed by atoms with Crippen LogP contribution in [0.5, 0.6) is 5.75 Å². The first kappa shape index (κ1) is 21.0. The average molecular weight is 454 g/mol. The zero-order chi connectivity index (χ0) is 22.3. The van der Waals surface area contributed by atoms with Crippen molar-refractivity contribution in [3.63, 3.8) is 0 Å². The third-order valence-electron chi connectivity index (χ3n) is 5.22. The van der Waals surface area contributed by atoms with Crippen LogP contribution in [0.25, 0.3) is 5.76 Å². The van der Waals surface area contributed by atoms with Crippen LogP contribution in [0.3, 0.4) is 0 Å². The predicted octanol–water partition coefficient (Wildman–Crippen LogP) is 5.63. The molecule has 31 heavy (non-hydrogen) atoms. The van der Waals surface area contributed by atoms with E-state index >= 15 is 0 Å². The van der Waals surface area contributed by atoms with Crippen molar-refractivity contribution in [2.75, 3.05) is 4.90 Å². The van der Waals surface area contributed by atoms with Crippen LogP contribution in [0.1, 0.15) is 22.7 Å². The molecule has 1 aliphatic heterocycles. The number of hydrogen-bond donors (Lipinski definition) is 2. The summed E-state index contributed by atoms with van der Waals surface area (Å²) in [5, 5.41) is 21.3. The minimum Gasteiger partial charge on any atom is -0.508 e. The number of rotatable bonds is 3. The van der Waals surface area contributed by atoms with Crippen LogP contribution in [0.2, 0.25) is 10.0 Å². The lowest BCUT2D eigenvalue weighted by atomic mass is 9.95. The Kier molecular flexibility index (Phi) is 5.48. The maximum atomic E-state index is 13.1. The van der Waals surface area contributed by atoms with Gasteiger partial charge >= 0.3 is 0 Å². The number of amides is 1. The second-order valence-corrected chi connectivity index (χ2v) is 7.99. The molecule has 1 unspecified atom stereocenters. The molecule has 0 saturated carbocycles. The van der Waals surface area contributed by atoms with Crippen LogP contribution in [0, 0.1) is 6.92 Å². The smallest absolute Gasteiger partial charge is 0.300 e. The predicted molar refractivity (Wildman–Crippen MR) is 121 cm³/mol. The maximum absolute atomic E-state index is 13.1. The number of hydrogen-bond acceptors (Lipinski definition) is 4. The third-order valence-corrected chi connectivity index (χ3v) is 5.96. The van der Waals surface area contributed by atoms with Gasteiger partial charge in [0.15, 0.2) is 0 Å². The average Bonchev–Trinajstić information content (AvgIpc) is 3.01. The fourth-order valence-electron chi connectivity index (χ4n) is 3.69. The maximum Gasteiger partial charge on any atom is 0.300 e. The number of nitrogens with zero attached hydrogens (tertiary/aromatic N) is 1. The number of phenols is 1. The van der Waals surface area contributed by atoms with Crippen molar-refractivity contribution in [2.24, 2.45) is 0 Å². The van der Waals surface area contributed by atoms with Gasteiger partial charge in [0.05, 0.1) is 21.7 Å². The molecule has 3 aromatic carbocycles. The third kappa shape index (κ3) is 3.67. The van der Waals surface area contributed by atoms with Crippen LogP contribution in [0.15, 0.2) is 72.3 Å². The Balaban J connectivity index is 1.97. The van der Waals surface area contributed by atoms with E-state index in [1.54, 1.807) is 24.3 Å². The minimum atomic E-state index is -0.892. The number of aromatic hydroxyl groups is 1. The largest absolute Gasteiger partial charge is 0.508 e. The summed E-state index contributed by atoms with van der Waals surface area (Å²) in [4.78, 5) is 27.6. The van der Waals surface area contributed by atoms with E-state index in [1.165, 1.54) is 35.2 Å². The quantitative estimate of drug-likeness (QED) is 0.305. The van der Waals surface area contributed by atoms with Gasteiger partial charge in [-0.05, 0) is 54.4 Å². The van der Waals surface area contributed by atoms with Gasteiger partial charge in [-0.15, -0.1) is 0 Å². The number of carbonyl (C=O) groups excluding carboxylic acids is 2. The summed E-state index contributed by atoms with van der Waals surface area (Å²) in [5.74, 6) is -1.88. The Bertz CT molecular complexity index is 1230. The number of anilines is 1. The van der Waals surface area contributed by atoms with Gasteiger partial charge in [0.25, 0.3) is 11.7 Å². The number of ketones is 1. The second-order valence-electron chi connectivity index (χ2n) is 7.18. The van der Waals surface area contributed by atoms with Gasteiger partial charge in [-0.25, -0.2) is 0 Å². The van der Waals surface area contributed by atoms with Gasteiger partial charge in [0.2, 0.25) is 0 Å². The molecule has 1 aliphatic rings. The molecule has 2 N–H and O–H groups in total. The monoisotopic (exact) mass is 453 g/mol. The number of carbonyl (C=O) groups is 2. The molecule has 5 nitrogen and oxygen atoms in total. The number of aliphatic hydroxyl groups is 1. The second kappa shape index (κ2) is 8.10. The van der Waals surface area contributed by atoms with Crippen LogP contribution in [0.4, 0.5) is 5.69 Å². The fraction of sp³-hybridized carbons (Fsp3) is 0.0833. The lowest BCUT2D eigenvalue weighted by Crippen LogP contribution is -2.30. The first-order valence-electron chi connectivity index (χ1n) is 9.40. The molecule has 0 radical (unpaired) electrons. The number of Topliss-reactive ketones (excluding diaryl/α,β-unsaturated/α-hetero) is 1. The van der Waals surface area contributed by atoms with Crippen molar-refractivity contribution in [1.82, 2.24) is 0 Å². The summed E-state index contributed by atoms with van der Waals surface area (Å²) >= 11 is 12.1. The Morgan fingerprint density at radius 1 is 0.935 bits per heavy atom. The first-order chi connectivity index (χ1) is 14.8. The Hall–Kier alpha value is -3.28. The Morgan fingerprint density at radius 3 is 2.26 bits per heavy atom. The van der Waals surface area contributed by atoms with Crippen molar-refractivity contribution in [3.8, 4) is 5.75 Å². The molecule has 0 aliphatic carbocycles. The Labute approximate surface area is 188 Å². The molecule has 0 bridgehead atoms. The number of para-hydroxylation sites is 1. The Morgan fingerprint density at radius 2 is 1.61 bits per heavy atom. The lowest BCUT2D eigenvalue weighted by Gasteiger charge is -2.26. The van der Waals surface area contributed by atoms with E-state index in [-0.39, 0.29) is 27.7 Å². The first-order valence-corrected chi connectivity index (χ1v) is 10.2. The van der Waals surface area contributed by atoms with Crippen molar-refractivity contribution in [1.29, 1.82) is 0 Å². The molecule has 1 atom stereocenters. The lowest BCUT2D eigenvalue weighted by molar-refractivity contribution is -0.132. The SMILES string of the molecule is Cc1ccccc1N1C(=O)C(=O)/C(=C(\O)c2ccc(Cl)c(Cl)c2)C1c1ccc(O)cc1. The summed E-state index contributed by atoms with van der Waals surface area (Å²) in [7, 11) is 0.